The van der Waals surface area contributed by atoms with Crippen molar-refractivity contribution >= 4 is 37.4 Å². The minimum absolute atomic E-state index is 0.0395. The molecule has 30 heavy (non-hydrogen) atoms. The van der Waals surface area contributed by atoms with E-state index in [2.05, 4.69) is 21.1 Å². The second-order valence-corrected chi connectivity index (χ2v) is 10.7. The molecule has 160 valence electrons. The number of hydrogen-bond acceptors (Lipinski definition) is 6. The fourth-order valence-corrected chi connectivity index (χ4v) is 4.30. The number of sulfone groups is 1. The molecule has 0 aliphatic carbocycles. The number of rotatable bonds is 7. The van der Waals surface area contributed by atoms with Crippen molar-refractivity contribution in [2.24, 2.45) is 5.16 Å². The lowest BCUT2D eigenvalue weighted by Gasteiger charge is -2.27. The normalized spacial score (nSPS) is 18.3. The summed E-state index contributed by atoms with van der Waals surface area (Å²) < 4.78 is 43.2. The number of oxime groups is 1. The van der Waals surface area contributed by atoms with Crippen molar-refractivity contribution in [3.8, 4) is 0 Å². The highest BCUT2D eigenvalue weighted by molar-refractivity contribution is 9.10. The quantitative estimate of drug-likeness (QED) is 0.539. The Labute approximate surface area is 183 Å². The van der Waals surface area contributed by atoms with Crippen LogP contribution in [0.25, 0.3) is 0 Å². The third-order valence-electron chi connectivity index (χ3n) is 5.06. The summed E-state index contributed by atoms with van der Waals surface area (Å²) in [6.07, 6.45) is 0.300. The summed E-state index contributed by atoms with van der Waals surface area (Å²) >= 11 is 3.20. The Morgan fingerprint density at radius 2 is 2.00 bits per heavy atom. The molecule has 0 saturated carbocycles. The molecule has 0 N–H and O–H groups in total. The molecule has 3 rings (SSSR count). The lowest BCUT2D eigenvalue weighted by atomic mass is 9.97. The predicted octanol–water partition coefficient (Wildman–Crippen LogP) is 4.02. The summed E-state index contributed by atoms with van der Waals surface area (Å²) in [6, 6.07) is 13.5. The van der Waals surface area contributed by atoms with Gasteiger partial charge in [-0.15, -0.1) is 0 Å². The molecule has 9 heteroatoms. The molecule has 0 fully saturated rings. The maximum absolute atomic E-state index is 14.2. The number of carbonyl (C=O) groups excluding carboxylic acids is 1. The SMILES string of the molecule is CC(CC1CC(c2ccc(Br)cc2F)=NO1)(C(=O)OCc1ccccc1)S(C)(=O)=O. The van der Waals surface area contributed by atoms with Crippen LogP contribution in [0.4, 0.5) is 4.39 Å². The third-order valence-corrected chi connectivity index (χ3v) is 7.52. The molecule has 6 nitrogen and oxygen atoms in total. The molecule has 2 atom stereocenters. The molecular formula is C21H21BrFNO5S. The van der Waals surface area contributed by atoms with Gasteiger partial charge in [-0.1, -0.05) is 51.4 Å². The van der Waals surface area contributed by atoms with Gasteiger partial charge in [0.05, 0.1) is 5.71 Å². The zero-order valence-electron chi connectivity index (χ0n) is 16.5. The fourth-order valence-electron chi connectivity index (χ4n) is 3.12. The smallest absolute Gasteiger partial charge is 0.327 e. The summed E-state index contributed by atoms with van der Waals surface area (Å²) in [5, 5.41) is 3.91. The molecule has 1 aliphatic rings. The van der Waals surface area contributed by atoms with E-state index < -0.39 is 32.5 Å². The van der Waals surface area contributed by atoms with Crippen LogP contribution in [0.5, 0.6) is 0 Å². The van der Waals surface area contributed by atoms with Crippen LogP contribution in [0.1, 0.15) is 30.9 Å². The molecule has 2 unspecified atom stereocenters. The zero-order valence-corrected chi connectivity index (χ0v) is 18.9. The summed E-state index contributed by atoms with van der Waals surface area (Å²) in [6.45, 7) is 1.28. The Kier molecular flexibility index (Phi) is 6.62. The van der Waals surface area contributed by atoms with E-state index in [0.717, 1.165) is 11.8 Å². The van der Waals surface area contributed by atoms with Crippen LogP contribution in [0.15, 0.2) is 58.2 Å². The van der Waals surface area contributed by atoms with Gasteiger partial charge in [0.15, 0.2) is 14.6 Å². The summed E-state index contributed by atoms with van der Waals surface area (Å²) in [4.78, 5) is 18.1. The van der Waals surface area contributed by atoms with Crippen LogP contribution < -0.4 is 0 Å². The first-order valence-corrected chi connectivity index (χ1v) is 11.9. The van der Waals surface area contributed by atoms with Crippen LogP contribution in [0, 0.1) is 5.82 Å². The number of carbonyl (C=O) groups is 1. The van der Waals surface area contributed by atoms with Crippen molar-refractivity contribution in [2.75, 3.05) is 6.26 Å². The van der Waals surface area contributed by atoms with Gasteiger partial charge in [-0.25, -0.2) is 12.8 Å². The molecule has 0 spiro atoms. The molecule has 0 saturated heterocycles. The van der Waals surface area contributed by atoms with Gasteiger partial charge < -0.3 is 9.57 Å². The molecule has 0 amide bonds. The summed E-state index contributed by atoms with van der Waals surface area (Å²) in [5.41, 5.74) is 1.38. The van der Waals surface area contributed by atoms with E-state index in [0.29, 0.717) is 10.2 Å². The number of esters is 1. The van der Waals surface area contributed by atoms with Crippen LogP contribution in [0.2, 0.25) is 0 Å². The van der Waals surface area contributed by atoms with E-state index in [1.165, 1.54) is 13.0 Å². The Balaban J connectivity index is 1.71. The molecule has 1 aliphatic heterocycles. The molecule has 2 aromatic carbocycles. The number of nitrogens with zero attached hydrogens (tertiary/aromatic N) is 1. The Morgan fingerprint density at radius 1 is 1.30 bits per heavy atom. The van der Waals surface area contributed by atoms with Crippen LogP contribution in [-0.2, 0) is 30.8 Å². The van der Waals surface area contributed by atoms with Crippen molar-refractivity contribution in [1.29, 1.82) is 0 Å². The highest BCUT2D eigenvalue weighted by Crippen LogP contribution is 2.31. The largest absolute Gasteiger partial charge is 0.460 e. The van der Waals surface area contributed by atoms with E-state index >= 15 is 0 Å². The van der Waals surface area contributed by atoms with E-state index in [-0.39, 0.29) is 25.0 Å². The second kappa shape index (κ2) is 8.85. The van der Waals surface area contributed by atoms with Crippen LogP contribution >= 0.6 is 15.9 Å². The van der Waals surface area contributed by atoms with Gasteiger partial charge in [0.1, 0.15) is 18.5 Å². The van der Waals surface area contributed by atoms with Crippen LogP contribution in [0.3, 0.4) is 0 Å². The van der Waals surface area contributed by atoms with E-state index in [1.807, 2.05) is 6.07 Å². The average Bonchev–Trinajstić information content (AvgIpc) is 3.13. The predicted molar refractivity (Wildman–Crippen MR) is 114 cm³/mol. The number of halogens is 2. The van der Waals surface area contributed by atoms with Crippen molar-refractivity contribution in [1.82, 2.24) is 0 Å². The highest BCUT2D eigenvalue weighted by atomic mass is 79.9. The van der Waals surface area contributed by atoms with Gasteiger partial charge in [-0.3, -0.25) is 4.79 Å². The molecule has 0 aromatic heterocycles. The third kappa shape index (κ3) is 4.89. The van der Waals surface area contributed by atoms with Gasteiger partial charge in [0, 0.05) is 29.1 Å². The first-order valence-electron chi connectivity index (χ1n) is 9.19. The zero-order chi connectivity index (χ0) is 21.9. The van der Waals surface area contributed by atoms with Gasteiger partial charge in [-0.05, 0) is 30.7 Å². The maximum atomic E-state index is 14.2. The number of benzene rings is 2. The van der Waals surface area contributed by atoms with Crippen molar-refractivity contribution in [3.63, 3.8) is 0 Å². The molecule has 2 aromatic rings. The molecule has 0 bridgehead atoms. The Bertz CT molecular complexity index is 1070. The Hall–Kier alpha value is -2.26. The number of hydrogen-bond donors (Lipinski definition) is 0. The maximum Gasteiger partial charge on any atom is 0.327 e. The lowest BCUT2D eigenvalue weighted by Crippen LogP contribution is -2.46. The number of ether oxygens (including phenoxy) is 1. The monoisotopic (exact) mass is 497 g/mol. The van der Waals surface area contributed by atoms with E-state index in [4.69, 9.17) is 9.57 Å². The molecule has 0 radical (unpaired) electrons. The second-order valence-electron chi connectivity index (χ2n) is 7.36. The minimum Gasteiger partial charge on any atom is -0.460 e. The highest BCUT2D eigenvalue weighted by Gasteiger charge is 2.48. The van der Waals surface area contributed by atoms with Gasteiger partial charge in [-0.2, -0.15) is 0 Å². The van der Waals surface area contributed by atoms with E-state index in [9.17, 15) is 17.6 Å². The van der Waals surface area contributed by atoms with Crippen molar-refractivity contribution in [2.45, 2.75) is 37.2 Å². The molecule has 1 heterocycles. The summed E-state index contributed by atoms with van der Waals surface area (Å²) in [5.74, 6) is -1.33. The van der Waals surface area contributed by atoms with Gasteiger partial charge in [0.25, 0.3) is 0 Å². The summed E-state index contributed by atoms with van der Waals surface area (Å²) in [7, 11) is -3.84. The first-order chi connectivity index (χ1) is 14.1. The molecular weight excluding hydrogens is 477 g/mol. The van der Waals surface area contributed by atoms with Gasteiger partial charge in [0.2, 0.25) is 0 Å². The topological polar surface area (TPSA) is 82.0 Å². The lowest BCUT2D eigenvalue weighted by molar-refractivity contribution is -0.148. The van der Waals surface area contributed by atoms with E-state index in [1.54, 1.807) is 36.4 Å². The van der Waals surface area contributed by atoms with Crippen molar-refractivity contribution < 1.29 is 27.2 Å². The Morgan fingerprint density at radius 3 is 2.63 bits per heavy atom. The van der Waals surface area contributed by atoms with Crippen molar-refractivity contribution in [3.05, 3.63) is 69.9 Å². The minimum atomic E-state index is -3.84. The average molecular weight is 498 g/mol. The standard InChI is InChI=1S/C21H21BrFNO5S/c1-21(30(2,26)27,20(25)28-13-14-6-4-3-5-7-14)12-16-11-19(24-29-16)17-9-8-15(22)10-18(17)23/h3-10,16H,11-13H2,1-2H3. The fraction of sp³-hybridized carbons (Fsp3) is 0.333. The van der Waals surface area contributed by atoms with Gasteiger partial charge >= 0.3 is 5.97 Å². The van der Waals surface area contributed by atoms with Crippen LogP contribution in [-0.4, -0.2) is 37.2 Å². The first kappa shape index (κ1) is 22.4.